The van der Waals surface area contributed by atoms with Crippen LogP contribution in [0.15, 0.2) is 42.5 Å². The Balaban J connectivity index is 1.32. The van der Waals surface area contributed by atoms with E-state index in [0.717, 1.165) is 34.7 Å². The molecular formula is C23H24ClN5O2S. The Kier molecular flexibility index (Phi) is 6.72. The highest BCUT2D eigenvalue weighted by Crippen LogP contribution is 2.31. The van der Waals surface area contributed by atoms with Crippen molar-refractivity contribution in [2.75, 3.05) is 23.7 Å². The van der Waals surface area contributed by atoms with Gasteiger partial charge in [0, 0.05) is 35.4 Å². The second-order valence-electron chi connectivity index (χ2n) is 7.85. The van der Waals surface area contributed by atoms with Crippen molar-refractivity contribution < 1.29 is 9.59 Å². The molecule has 3 aromatic rings. The van der Waals surface area contributed by atoms with E-state index in [2.05, 4.69) is 20.8 Å². The Hall–Kier alpha value is -2.97. The third-order valence-corrected chi connectivity index (χ3v) is 7.01. The molecule has 3 amide bonds. The second-order valence-corrected chi connectivity index (χ2v) is 9.29. The molecule has 7 nitrogen and oxygen atoms in total. The summed E-state index contributed by atoms with van der Waals surface area (Å²) in [6, 6.07) is 12.8. The molecule has 9 heteroatoms. The van der Waals surface area contributed by atoms with Crippen LogP contribution < -0.4 is 10.6 Å². The van der Waals surface area contributed by atoms with Crippen LogP contribution in [0.2, 0.25) is 5.02 Å². The quantitative estimate of drug-likeness (QED) is 0.530. The standard InChI is InChI=1S/C23H24ClN5O2S/c1-14-5-3-8-19(15(14)2)26-23(31)29-11-9-16(10-12-29)21-27-28-22(32-21)20(30)25-18-7-4-6-17(24)13-18/h3-8,13,16H,9-12H2,1-2H3,(H,25,30)(H,26,31). The summed E-state index contributed by atoms with van der Waals surface area (Å²) in [6.07, 6.45) is 1.57. The second kappa shape index (κ2) is 9.67. The van der Waals surface area contributed by atoms with Crippen LogP contribution in [0.4, 0.5) is 16.2 Å². The van der Waals surface area contributed by atoms with Crippen LogP contribution in [-0.4, -0.2) is 40.1 Å². The summed E-state index contributed by atoms with van der Waals surface area (Å²) in [5.74, 6) is -0.119. The summed E-state index contributed by atoms with van der Waals surface area (Å²) in [5, 5.41) is 15.8. The van der Waals surface area contributed by atoms with E-state index in [9.17, 15) is 9.59 Å². The Labute approximate surface area is 195 Å². The molecular weight excluding hydrogens is 446 g/mol. The number of hydrogen-bond donors (Lipinski definition) is 2. The van der Waals surface area contributed by atoms with Gasteiger partial charge in [0.2, 0.25) is 5.01 Å². The van der Waals surface area contributed by atoms with E-state index in [1.165, 1.54) is 11.3 Å². The van der Waals surface area contributed by atoms with Crippen molar-refractivity contribution in [2.45, 2.75) is 32.6 Å². The first-order valence-corrected chi connectivity index (χ1v) is 11.6. The lowest BCUT2D eigenvalue weighted by molar-refractivity contribution is 0.102. The van der Waals surface area contributed by atoms with Gasteiger partial charge in [-0.1, -0.05) is 41.1 Å². The lowest BCUT2D eigenvalue weighted by atomic mass is 9.98. The highest BCUT2D eigenvalue weighted by atomic mass is 35.5. The number of aryl methyl sites for hydroxylation is 1. The van der Waals surface area contributed by atoms with Gasteiger partial charge in [-0.2, -0.15) is 0 Å². The molecule has 1 aromatic heterocycles. The number of amides is 3. The van der Waals surface area contributed by atoms with Gasteiger partial charge >= 0.3 is 6.03 Å². The van der Waals surface area contributed by atoms with Crippen LogP contribution in [0.3, 0.4) is 0 Å². The molecule has 2 heterocycles. The summed E-state index contributed by atoms with van der Waals surface area (Å²) in [7, 11) is 0. The van der Waals surface area contributed by atoms with E-state index >= 15 is 0 Å². The van der Waals surface area contributed by atoms with Gasteiger partial charge in [0.1, 0.15) is 5.01 Å². The van der Waals surface area contributed by atoms with E-state index in [1.54, 1.807) is 24.3 Å². The molecule has 0 aliphatic carbocycles. The molecule has 0 bridgehead atoms. The summed E-state index contributed by atoms with van der Waals surface area (Å²) in [4.78, 5) is 27.0. The molecule has 4 rings (SSSR count). The molecule has 0 atom stereocenters. The fraction of sp³-hybridized carbons (Fsp3) is 0.304. The van der Waals surface area contributed by atoms with Gasteiger partial charge in [-0.05, 0) is 62.1 Å². The van der Waals surface area contributed by atoms with Gasteiger partial charge < -0.3 is 15.5 Å². The predicted molar refractivity (Wildman–Crippen MR) is 128 cm³/mol. The highest BCUT2D eigenvalue weighted by molar-refractivity contribution is 7.13. The Morgan fingerprint density at radius 2 is 1.81 bits per heavy atom. The number of anilines is 2. The minimum Gasteiger partial charge on any atom is -0.324 e. The monoisotopic (exact) mass is 469 g/mol. The smallest absolute Gasteiger partial charge is 0.321 e. The van der Waals surface area contributed by atoms with Gasteiger partial charge in [-0.15, -0.1) is 10.2 Å². The maximum absolute atomic E-state index is 12.7. The van der Waals surface area contributed by atoms with Crippen molar-refractivity contribution in [2.24, 2.45) is 0 Å². The van der Waals surface area contributed by atoms with Crippen LogP contribution in [0.5, 0.6) is 0 Å². The number of aromatic nitrogens is 2. The van der Waals surface area contributed by atoms with Crippen molar-refractivity contribution in [3.63, 3.8) is 0 Å². The molecule has 166 valence electrons. The van der Waals surface area contributed by atoms with Gasteiger partial charge in [0.25, 0.3) is 5.91 Å². The van der Waals surface area contributed by atoms with Gasteiger partial charge in [-0.25, -0.2) is 4.79 Å². The zero-order valence-electron chi connectivity index (χ0n) is 17.9. The fourth-order valence-corrected chi connectivity index (χ4v) is 4.75. The SMILES string of the molecule is Cc1cccc(NC(=O)N2CCC(c3nnc(C(=O)Nc4cccc(Cl)c4)s3)CC2)c1C. The van der Waals surface area contributed by atoms with Crippen LogP contribution in [-0.2, 0) is 0 Å². The van der Waals surface area contributed by atoms with Gasteiger partial charge in [0.15, 0.2) is 0 Å². The lowest BCUT2D eigenvalue weighted by Crippen LogP contribution is -2.40. The first-order valence-electron chi connectivity index (χ1n) is 10.4. The minimum atomic E-state index is -0.304. The molecule has 2 aromatic carbocycles. The number of halogens is 1. The molecule has 1 fully saturated rings. The van der Waals surface area contributed by atoms with E-state index in [4.69, 9.17) is 11.6 Å². The summed E-state index contributed by atoms with van der Waals surface area (Å²) >= 11 is 7.27. The van der Waals surface area contributed by atoms with E-state index < -0.39 is 0 Å². The van der Waals surface area contributed by atoms with E-state index in [0.29, 0.717) is 28.8 Å². The third kappa shape index (κ3) is 5.08. The lowest BCUT2D eigenvalue weighted by Gasteiger charge is -2.31. The van der Waals surface area contributed by atoms with Crippen molar-refractivity contribution in [3.05, 3.63) is 68.6 Å². The first-order chi connectivity index (χ1) is 15.4. The van der Waals surface area contributed by atoms with Crippen molar-refractivity contribution in [1.82, 2.24) is 15.1 Å². The summed E-state index contributed by atoms with van der Waals surface area (Å²) < 4.78 is 0. The average molecular weight is 470 g/mol. The number of carbonyl (C=O) groups excluding carboxylic acids is 2. The zero-order chi connectivity index (χ0) is 22.7. The van der Waals surface area contributed by atoms with Gasteiger partial charge in [0.05, 0.1) is 0 Å². The molecule has 32 heavy (non-hydrogen) atoms. The summed E-state index contributed by atoms with van der Waals surface area (Å²) in [6.45, 7) is 5.30. The number of urea groups is 1. The van der Waals surface area contributed by atoms with Crippen LogP contribution in [0, 0.1) is 13.8 Å². The molecule has 0 spiro atoms. The average Bonchev–Trinajstić information content (AvgIpc) is 3.28. The largest absolute Gasteiger partial charge is 0.324 e. The number of piperidine rings is 1. The number of likely N-dealkylation sites (tertiary alicyclic amines) is 1. The van der Waals surface area contributed by atoms with Crippen molar-refractivity contribution in [3.8, 4) is 0 Å². The molecule has 0 unspecified atom stereocenters. The predicted octanol–water partition coefficient (Wildman–Crippen LogP) is 5.47. The molecule has 1 aliphatic heterocycles. The Bertz CT molecular complexity index is 1140. The fourth-order valence-electron chi connectivity index (χ4n) is 3.65. The maximum Gasteiger partial charge on any atom is 0.321 e. The zero-order valence-corrected chi connectivity index (χ0v) is 19.5. The minimum absolute atomic E-state index is 0.0870. The van der Waals surface area contributed by atoms with Crippen LogP contribution >= 0.6 is 22.9 Å². The first kappa shape index (κ1) is 22.2. The molecule has 2 N–H and O–H groups in total. The number of benzene rings is 2. The van der Waals surface area contributed by atoms with Gasteiger partial charge in [-0.3, -0.25) is 4.79 Å². The number of carbonyl (C=O) groups is 2. The van der Waals surface area contributed by atoms with E-state index in [1.807, 2.05) is 36.9 Å². The maximum atomic E-state index is 12.7. The van der Waals surface area contributed by atoms with Crippen LogP contribution in [0.25, 0.3) is 0 Å². The Morgan fingerprint density at radius 3 is 2.56 bits per heavy atom. The number of hydrogen-bond acceptors (Lipinski definition) is 5. The molecule has 1 aliphatic rings. The Morgan fingerprint density at radius 1 is 1.06 bits per heavy atom. The topological polar surface area (TPSA) is 87.2 Å². The van der Waals surface area contributed by atoms with Crippen LogP contribution in [0.1, 0.15) is 44.7 Å². The van der Waals surface area contributed by atoms with Crippen molar-refractivity contribution in [1.29, 1.82) is 0 Å². The summed E-state index contributed by atoms with van der Waals surface area (Å²) in [5.41, 5.74) is 3.68. The molecule has 0 radical (unpaired) electrons. The number of nitrogens with one attached hydrogen (secondary N) is 2. The number of rotatable bonds is 4. The van der Waals surface area contributed by atoms with E-state index in [-0.39, 0.29) is 17.9 Å². The number of nitrogens with zero attached hydrogens (tertiary/aromatic N) is 3. The molecule has 0 saturated carbocycles. The third-order valence-electron chi connectivity index (χ3n) is 5.69. The normalized spacial score (nSPS) is 14.3. The highest BCUT2D eigenvalue weighted by Gasteiger charge is 2.27. The molecule has 1 saturated heterocycles. The van der Waals surface area contributed by atoms with Crippen molar-refractivity contribution >= 4 is 46.3 Å².